The Morgan fingerprint density at radius 3 is 2.78 bits per heavy atom. The fourth-order valence-corrected chi connectivity index (χ4v) is 2.04. The van der Waals surface area contributed by atoms with Crippen LogP contribution in [-0.4, -0.2) is 18.2 Å². The van der Waals surface area contributed by atoms with E-state index >= 15 is 0 Å². The van der Waals surface area contributed by atoms with Gasteiger partial charge in [0, 0.05) is 5.39 Å². The minimum atomic E-state index is -0.598. The number of carbonyl (C=O) groups is 1. The van der Waals surface area contributed by atoms with Gasteiger partial charge in [-0.15, -0.1) is 0 Å². The van der Waals surface area contributed by atoms with Crippen LogP contribution in [0.1, 0.15) is 10.8 Å². The molecule has 4 nitrogen and oxygen atoms in total. The Bertz CT molecular complexity index is 577. The van der Waals surface area contributed by atoms with Gasteiger partial charge in [0.2, 0.25) is 6.20 Å². The molecule has 0 fully saturated rings. The molecule has 0 spiro atoms. The van der Waals surface area contributed by atoms with Gasteiger partial charge in [-0.3, -0.25) is 4.79 Å². The molecule has 0 bridgehead atoms. The van der Waals surface area contributed by atoms with Crippen LogP contribution in [0.25, 0.3) is 10.9 Å². The third-order valence-corrected chi connectivity index (χ3v) is 3.01. The summed E-state index contributed by atoms with van der Waals surface area (Å²) in [5.41, 5.74) is 1.63. The number of aromatic nitrogens is 2. The number of methoxy groups -OCH3 is 1. The summed E-state index contributed by atoms with van der Waals surface area (Å²) in [5.74, 6) is -0.371. The van der Waals surface area contributed by atoms with E-state index in [1.807, 2.05) is 31.3 Å². The molecular weight excluding hydrogens is 363 g/mol. The lowest BCUT2D eigenvalue weighted by Crippen LogP contribution is -3.00. The minimum Gasteiger partial charge on any atom is -1.00 e. The lowest BCUT2D eigenvalue weighted by Gasteiger charge is -2.09. The summed E-state index contributed by atoms with van der Waals surface area (Å²) >= 11 is 4.30. The molecule has 0 radical (unpaired) electrons. The van der Waals surface area contributed by atoms with Crippen molar-refractivity contribution in [2.75, 3.05) is 7.11 Å². The van der Waals surface area contributed by atoms with Gasteiger partial charge in [0.25, 0.3) is 0 Å². The van der Waals surface area contributed by atoms with Gasteiger partial charge in [-0.25, -0.2) is 0 Å². The highest BCUT2D eigenvalue weighted by Crippen LogP contribution is 2.26. The maximum Gasteiger partial charge on any atom is 0.323 e. The van der Waals surface area contributed by atoms with Crippen LogP contribution in [0.4, 0.5) is 0 Å². The normalized spacial score (nSPS) is 11.7. The summed E-state index contributed by atoms with van der Waals surface area (Å²) in [6.07, 6.45) is 1.79. The van der Waals surface area contributed by atoms with Crippen molar-refractivity contribution in [1.29, 1.82) is 0 Å². The number of carbonyl (C=O) groups excluding carboxylic acids is 1. The number of nitrogens with zero attached hydrogens (tertiary/aromatic N) is 2. The predicted octanol–water partition coefficient (Wildman–Crippen LogP) is -1.79. The number of halogens is 1. The second-order valence-corrected chi connectivity index (χ2v) is 4.22. The number of esters is 1. The molecule has 0 saturated heterocycles. The van der Waals surface area contributed by atoms with E-state index < -0.39 is 5.25 Å². The quantitative estimate of drug-likeness (QED) is 0.292. The average Bonchev–Trinajstić information content (AvgIpc) is 2.35. The number of aryl methyl sites for hydroxylation is 1. The number of ether oxygens (including phenoxy) is 1. The molecule has 0 aliphatic carbocycles. The smallest absolute Gasteiger partial charge is 0.323 e. The molecule has 1 aromatic heterocycles. The molecule has 1 aromatic carbocycles. The van der Waals surface area contributed by atoms with Gasteiger partial charge in [-0.2, -0.15) is 12.6 Å². The van der Waals surface area contributed by atoms with E-state index in [0.717, 1.165) is 16.5 Å². The Morgan fingerprint density at radius 1 is 1.44 bits per heavy atom. The molecule has 0 saturated carbocycles. The minimum absolute atomic E-state index is 0. The van der Waals surface area contributed by atoms with E-state index in [2.05, 4.69) is 17.7 Å². The van der Waals surface area contributed by atoms with E-state index in [0.29, 0.717) is 0 Å². The molecule has 1 heterocycles. The third kappa shape index (κ3) is 2.92. The first-order chi connectivity index (χ1) is 8.13. The zero-order valence-electron chi connectivity index (χ0n) is 10.0. The van der Waals surface area contributed by atoms with Crippen LogP contribution in [0.15, 0.2) is 30.5 Å². The summed E-state index contributed by atoms with van der Waals surface area (Å²) in [4.78, 5) is 11.5. The molecular formula is C12H13IN2O2S. The van der Waals surface area contributed by atoms with Gasteiger partial charge < -0.3 is 28.7 Å². The van der Waals surface area contributed by atoms with Crippen LogP contribution in [0, 0.1) is 0 Å². The van der Waals surface area contributed by atoms with Crippen molar-refractivity contribution < 1.29 is 38.2 Å². The molecule has 96 valence electrons. The third-order valence-electron chi connectivity index (χ3n) is 2.53. The first-order valence-electron chi connectivity index (χ1n) is 5.15. The lowest BCUT2D eigenvalue weighted by atomic mass is 10.1. The Balaban J connectivity index is 0.00000162. The van der Waals surface area contributed by atoms with Crippen LogP contribution < -0.4 is 28.7 Å². The standard InChI is InChI=1S/C12H12N2O2S.HI/c1-14-7-9(11(17)12(15)16-2)8-5-3-4-6-10(8)13-14;/h3-7,11H,1-2H3;1H. The second kappa shape index (κ2) is 6.33. The molecule has 1 unspecified atom stereocenters. The van der Waals surface area contributed by atoms with Crippen LogP contribution in [0.3, 0.4) is 0 Å². The first kappa shape index (κ1) is 15.2. The number of benzene rings is 1. The van der Waals surface area contributed by atoms with Crippen molar-refractivity contribution in [3.05, 3.63) is 36.0 Å². The maximum absolute atomic E-state index is 11.5. The molecule has 1 atom stereocenters. The lowest BCUT2D eigenvalue weighted by molar-refractivity contribution is -0.728. The number of rotatable bonds is 2. The summed E-state index contributed by atoms with van der Waals surface area (Å²) in [6.45, 7) is 0. The Hall–Kier alpha value is -0.890. The van der Waals surface area contributed by atoms with E-state index in [1.54, 1.807) is 10.9 Å². The Labute approximate surface area is 128 Å². The van der Waals surface area contributed by atoms with E-state index in [-0.39, 0.29) is 29.9 Å². The topological polar surface area (TPSA) is 43.1 Å². The SMILES string of the molecule is COC(=O)C(S)c1c[n+](C)nc2ccccc12.[I-]. The first-order valence-corrected chi connectivity index (χ1v) is 5.66. The Kier molecular flexibility index (Phi) is 5.33. The van der Waals surface area contributed by atoms with Crippen LogP contribution >= 0.6 is 12.6 Å². The van der Waals surface area contributed by atoms with Gasteiger partial charge in [0.15, 0.2) is 7.05 Å². The summed E-state index contributed by atoms with van der Waals surface area (Å²) in [6, 6.07) is 7.64. The summed E-state index contributed by atoms with van der Waals surface area (Å²) < 4.78 is 6.38. The molecule has 0 aliphatic rings. The monoisotopic (exact) mass is 376 g/mol. The van der Waals surface area contributed by atoms with Gasteiger partial charge >= 0.3 is 5.97 Å². The van der Waals surface area contributed by atoms with Crippen molar-refractivity contribution in [1.82, 2.24) is 5.10 Å². The highest BCUT2D eigenvalue weighted by atomic mass is 127. The van der Waals surface area contributed by atoms with Gasteiger partial charge in [-0.1, -0.05) is 22.9 Å². The van der Waals surface area contributed by atoms with E-state index in [9.17, 15) is 4.79 Å². The Morgan fingerprint density at radius 2 is 2.11 bits per heavy atom. The molecule has 2 aromatic rings. The van der Waals surface area contributed by atoms with E-state index in [1.165, 1.54) is 7.11 Å². The second-order valence-electron chi connectivity index (χ2n) is 3.70. The molecule has 2 rings (SSSR count). The number of fused-ring (bicyclic) bond motifs is 1. The van der Waals surface area contributed by atoms with Crippen LogP contribution in [-0.2, 0) is 16.6 Å². The number of hydrogen-bond acceptors (Lipinski definition) is 4. The maximum atomic E-state index is 11.5. The molecule has 0 amide bonds. The highest BCUT2D eigenvalue weighted by molar-refractivity contribution is 7.81. The van der Waals surface area contributed by atoms with E-state index in [4.69, 9.17) is 4.74 Å². The van der Waals surface area contributed by atoms with Crippen molar-refractivity contribution in [2.45, 2.75) is 5.25 Å². The molecule has 6 heteroatoms. The fraction of sp³-hybridized carbons (Fsp3) is 0.250. The van der Waals surface area contributed by atoms with Gasteiger partial charge in [0.1, 0.15) is 10.8 Å². The molecule has 18 heavy (non-hydrogen) atoms. The highest BCUT2D eigenvalue weighted by Gasteiger charge is 2.22. The van der Waals surface area contributed by atoms with Crippen molar-refractivity contribution in [2.24, 2.45) is 7.05 Å². The summed E-state index contributed by atoms with van der Waals surface area (Å²) in [5, 5.41) is 4.65. The number of hydrogen-bond donors (Lipinski definition) is 1. The van der Waals surface area contributed by atoms with Crippen molar-refractivity contribution in [3.63, 3.8) is 0 Å². The van der Waals surface area contributed by atoms with Crippen molar-refractivity contribution >= 4 is 29.5 Å². The van der Waals surface area contributed by atoms with Crippen LogP contribution in [0.5, 0.6) is 0 Å². The van der Waals surface area contributed by atoms with Crippen LogP contribution in [0.2, 0.25) is 0 Å². The average molecular weight is 376 g/mol. The largest absolute Gasteiger partial charge is 1.00 e. The van der Waals surface area contributed by atoms with Gasteiger partial charge in [0.05, 0.1) is 12.7 Å². The molecule has 0 aliphatic heterocycles. The zero-order valence-corrected chi connectivity index (χ0v) is 13.1. The summed E-state index contributed by atoms with van der Waals surface area (Å²) in [7, 11) is 3.17. The van der Waals surface area contributed by atoms with Gasteiger partial charge in [-0.05, 0) is 11.2 Å². The zero-order chi connectivity index (χ0) is 12.4. The fourth-order valence-electron chi connectivity index (χ4n) is 1.73. The molecule has 0 N–H and O–H groups in total. The predicted molar refractivity (Wildman–Crippen MR) is 66.7 cm³/mol. The number of thiol groups is 1. The van der Waals surface area contributed by atoms with Crippen molar-refractivity contribution in [3.8, 4) is 0 Å².